The Bertz CT molecular complexity index is 267. The van der Waals surface area contributed by atoms with Crippen LogP contribution < -0.4 is 0 Å². The van der Waals surface area contributed by atoms with Crippen molar-refractivity contribution in [1.82, 2.24) is 0 Å². The maximum atomic E-state index is 13.2. The minimum atomic E-state index is -0.0295. The molecule has 0 nitrogen and oxygen atoms in total. The Kier molecular flexibility index (Phi) is 4.68. The van der Waals surface area contributed by atoms with E-state index in [0.29, 0.717) is 6.42 Å². The first-order chi connectivity index (χ1) is 5.91. The van der Waals surface area contributed by atoms with Gasteiger partial charge in [0.2, 0.25) is 0 Å². The van der Waals surface area contributed by atoms with Gasteiger partial charge in [-0.1, -0.05) is 19.1 Å². The van der Waals surface area contributed by atoms with Crippen molar-refractivity contribution in [3.63, 3.8) is 0 Å². The standard InChI is InChI=1S/C12H19F/c1-7-12(13)11(6)10(5)9(4)8(2)3/h2,7H2,1,3-6H3/b10-9-,12-11+. The van der Waals surface area contributed by atoms with E-state index in [1.165, 1.54) is 0 Å². The van der Waals surface area contributed by atoms with Crippen molar-refractivity contribution in [2.24, 2.45) is 0 Å². The SMILES string of the molecule is C=C(C)/C(C)=C(C)\C(C)=C(\F)CC. The Labute approximate surface area is 80.9 Å². The molecule has 0 saturated carbocycles. The normalized spacial score (nSPS) is 14.9. The summed E-state index contributed by atoms with van der Waals surface area (Å²) in [7, 11) is 0. The molecule has 74 valence electrons. The molecule has 0 aromatic heterocycles. The minimum absolute atomic E-state index is 0.0295. The molecule has 0 bridgehead atoms. The highest BCUT2D eigenvalue weighted by Gasteiger charge is 2.04. The monoisotopic (exact) mass is 182 g/mol. The van der Waals surface area contributed by atoms with Gasteiger partial charge in [0, 0.05) is 0 Å². The molecule has 0 unspecified atom stereocenters. The summed E-state index contributed by atoms with van der Waals surface area (Å²) < 4.78 is 13.2. The van der Waals surface area contributed by atoms with Crippen molar-refractivity contribution in [3.8, 4) is 0 Å². The fourth-order valence-electron chi connectivity index (χ4n) is 1.07. The fourth-order valence-corrected chi connectivity index (χ4v) is 1.07. The Morgan fingerprint density at radius 3 is 1.77 bits per heavy atom. The van der Waals surface area contributed by atoms with E-state index in [-0.39, 0.29) is 5.83 Å². The Hall–Kier alpha value is -0.850. The second kappa shape index (κ2) is 5.00. The predicted molar refractivity (Wildman–Crippen MR) is 57.3 cm³/mol. The average molecular weight is 182 g/mol. The van der Waals surface area contributed by atoms with Crippen LogP contribution in [0.5, 0.6) is 0 Å². The summed E-state index contributed by atoms with van der Waals surface area (Å²) in [5.74, 6) is -0.0295. The third-order valence-corrected chi connectivity index (χ3v) is 2.48. The van der Waals surface area contributed by atoms with Crippen LogP contribution in [-0.4, -0.2) is 0 Å². The first kappa shape index (κ1) is 12.2. The molecule has 0 radical (unpaired) electrons. The molecule has 0 aromatic rings. The van der Waals surface area contributed by atoms with Crippen molar-refractivity contribution in [2.75, 3.05) is 0 Å². The first-order valence-corrected chi connectivity index (χ1v) is 4.60. The lowest BCUT2D eigenvalue weighted by Crippen LogP contribution is -1.90. The molecule has 0 heterocycles. The molecule has 1 heteroatoms. The average Bonchev–Trinajstić information content (AvgIpc) is 2.12. The van der Waals surface area contributed by atoms with Gasteiger partial charge in [-0.15, -0.1) is 0 Å². The number of hydrogen-bond donors (Lipinski definition) is 0. The minimum Gasteiger partial charge on any atom is -0.212 e. The highest BCUT2D eigenvalue weighted by molar-refractivity contribution is 5.40. The molecule has 0 rings (SSSR count). The molecule has 0 spiro atoms. The van der Waals surface area contributed by atoms with Gasteiger partial charge >= 0.3 is 0 Å². The molecule has 0 saturated heterocycles. The van der Waals surface area contributed by atoms with E-state index in [1.807, 2.05) is 34.6 Å². The second-order valence-corrected chi connectivity index (χ2v) is 3.41. The van der Waals surface area contributed by atoms with Gasteiger partial charge in [-0.05, 0) is 50.8 Å². The lowest BCUT2D eigenvalue weighted by molar-refractivity contribution is 0.593. The van der Waals surface area contributed by atoms with E-state index >= 15 is 0 Å². The topological polar surface area (TPSA) is 0 Å². The fraction of sp³-hybridized carbons (Fsp3) is 0.500. The molecule has 0 aliphatic carbocycles. The second-order valence-electron chi connectivity index (χ2n) is 3.41. The van der Waals surface area contributed by atoms with Crippen LogP contribution in [0.3, 0.4) is 0 Å². The maximum absolute atomic E-state index is 13.2. The molecule has 0 aliphatic heterocycles. The van der Waals surface area contributed by atoms with Crippen molar-refractivity contribution in [3.05, 3.63) is 34.7 Å². The highest BCUT2D eigenvalue weighted by atomic mass is 19.1. The van der Waals surface area contributed by atoms with Crippen LogP contribution in [0.25, 0.3) is 0 Å². The van der Waals surface area contributed by atoms with Crippen LogP contribution >= 0.6 is 0 Å². The summed E-state index contributed by atoms with van der Waals surface area (Å²) in [6, 6.07) is 0. The van der Waals surface area contributed by atoms with Crippen LogP contribution in [0, 0.1) is 0 Å². The zero-order chi connectivity index (χ0) is 10.6. The number of hydrogen-bond acceptors (Lipinski definition) is 0. The lowest BCUT2D eigenvalue weighted by Gasteiger charge is -2.09. The third kappa shape index (κ3) is 3.17. The van der Waals surface area contributed by atoms with Gasteiger partial charge in [0.1, 0.15) is 5.83 Å². The Morgan fingerprint density at radius 1 is 1.00 bits per heavy atom. The Morgan fingerprint density at radius 2 is 1.46 bits per heavy atom. The third-order valence-electron chi connectivity index (χ3n) is 2.48. The molecule has 0 N–H and O–H groups in total. The van der Waals surface area contributed by atoms with Gasteiger partial charge in [0.15, 0.2) is 0 Å². The van der Waals surface area contributed by atoms with Crippen LogP contribution in [0.4, 0.5) is 4.39 Å². The van der Waals surface area contributed by atoms with Gasteiger partial charge < -0.3 is 0 Å². The number of halogens is 1. The quantitative estimate of drug-likeness (QED) is 0.561. The highest BCUT2D eigenvalue weighted by Crippen LogP contribution is 2.23. The first-order valence-electron chi connectivity index (χ1n) is 4.60. The largest absolute Gasteiger partial charge is 0.212 e. The van der Waals surface area contributed by atoms with Crippen molar-refractivity contribution in [1.29, 1.82) is 0 Å². The van der Waals surface area contributed by atoms with Crippen molar-refractivity contribution < 1.29 is 4.39 Å². The molecule has 13 heavy (non-hydrogen) atoms. The molecule has 0 aromatic carbocycles. The summed E-state index contributed by atoms with van der Waals surface area (Å²) >= 11 is 0. The zero-order valence-corrected chi connectivity index (χ0v) is 9.29. The zero-order valence-electron chi connectivity index (χ0n) is 9.29. The van der Waals surface area contributed by atoms with E-state index in [4.69, 9.17) is 0 Å². The Balaban J connectivity index is 5.10. The van der Waals surface area contributed by atoms with Gasteiger partial charge in [-0.25, -0.2) is 4.39 Å². The lowest BCUT2D eigenvalue weighted by atomic mass is 9.98. The summed E-state index contributed by atoms with van der Waals surface area (Å²) in [5, 5.41) is 0. The van der Waals surface area contributed by atoms with E-state index in [9.17, 15) is 4.39 Å². The molecular formula is C12H19F. The van der Waals surface area contributed by atoms with Gasteiger partial charge in [0.05, 0.1) is 0 Å². The van der Waals surface area contributed by atoms with Crippen LogP contribution in [0.2, 0.25) is 0 Å². The molecule has 0 amide bonds. The van der Waals surface area contributed by atoms with Gasteiger partial charge in [0.25, 0.3) is 0 Å². The van der Waals surface area contributed by atoms with E-state index in [2.05, 4.69) is 6.58 Å². The van der Waals surface area contributed by atoms with Crippen LogP contribution in [0.1, 0.15) is 41.0 Å². The van der Waals surface area contributed by atoms with E-state index < -0.39 is 0 Å². The number of rotatable bonds is 3. The summed E-state index contributed by atoms with van der Waals surface area (Å²) in [6.07, 6.45) is 0.465. The molecule has 0 aliphatic rings. The molecule has 0 atom stereocenters. The summed E-state index contributed by atoms with van der Waals surface area (Å²) in [5.41, 5.74) is 3.84. The van der Waals surface area contributed by atoms with Gasteiger partial charge in [-0.2, -0.15) is 0 Å². The van der Waals surface area contributed by atoms with E-state index in [1.54, 1.807) is 0 Å². The smallest absolute Gasteiger partial charge is 0.103 e. The van der Waals surface area contributed by atoms with Crippen molar-refractivity contribution in [2.45, 2.75) is 41.0 Å². The number of allylic oxidation sites excluding steroid dienone is 5. The summed E-state index contributed by atoms with van der Waals surface area (Å²) in [4.78, 5) is 0. The summed E-state index contributed by atoms with van der Waals surface area (Å²) in [6.45, 7) is 13.3. The van der Waals surface area contributed by atoms with E-state index in [0.717, 1.165) is 22.3 Å². The van der Waals surface area contributed by atoms with Crippen LogP contribution in [-0.2, 0) is 0 Å². The molecule has 0 fully saturated rings. The van der Waals surface area contributed by atoms with Crippen molar-refractivity contribution >= 4 is 0 Å². The molecular weight excluding hydrogens is 163 g/mol. The van der Waals surface area contributed by atoms with Gasteiger partial charge in [-0.3, -0.25) is 0 Å². The predicted octanol–water partition coefficient (Wildman–Crippen LogP) is 4.55. The van der Waals surface area contributed by atoms with Crippen LogP contribution in [0.15, 0.2) is 34.7 Å². The maximum Gasteiger partial charge on any atom is 0.103 e.